The van der Waals surface area contributed by atoms with Crippen LogP contribution in [0.1, 0.15) is 59.3 Å². The summed E-state index contributed by atoms with van der Waals surface area (Å²) < 4.78 is 0. The second kappa shape index (κ2) is 5.54. The van der Waals surface area contributed by atoms with Crippen LogP contribution < -0.4 is 0 Å². The van der Waals surface area contributed by atoms with Crippen LogP contribution in [0.15, 0.2) is 0 Å². The van der Waals surface area contributed by atoms with Gasteiger partial charge in [0.25, 0.3) is 0 Å². The molecule has 0 saturated heterocycles. The zero-order valence-electron chi connectivity index (χ0n) is 11.9. The van der Waals surface area contributed by atoms with E-state index in [9.17, 15) is 9.59 Å². The van der Waals surface area contributed by atoms with Gasteiger partial charge in [0.1, 0.15) is 11.6 Å². The Morgan fingerprint density at radius 3 is 2.44 bits per heavy atom. The minimum absolute atomic E-state index is 0.104. The van der Waals surface area contributed by atoms with E-state index >= 15 is 0 Å². The van der Waals surface area contributed by atoms with E-state index in [0.29, 0.717) is 29.3 Å². The summed E-state index contributed by atoms with van der Waals surface area (Å²) in [6.07, 6.45) is 5.80. The molecule has 0 amide bonds. The normalized spacial score (nSPS) is 38.2. The van der Waals surface area contributed by atoms with Crippen molar-refractivity contribution < 1.29 is 9.59 Å². The van der Waals surface area contributed by atoms with Gasteiger partial charge in [-0.25, -0.2) is 0 Å². The molecule has 0 aliphatic heterocycles. The number of ketones is 2. The molecule has 102 valence electrons. The molecule has 2 nitrogen and oxygen atoms in total. The van der Waals surface area contributed by atoms with Crippen LogP contribution in [0.2, 0.25) is 0 Å². The SMILES string of the molecule is CC(C)C1CC(=O)C(C)C(C2CCCCC2=O)C1. The van der Waals surface area contributed by atoms with Crippen LogP contribution in [0.3, 0.4) is 0 Å². The zero-order chi connectivity index (χ0) is 13.3. The Morgan fingerprint density at radius 2 is 1.83 bits per heavy atom. The van der Waals surface area contributed by atoms with Gasteiger partial charge in [-0.3, -0.25) is 9.59 Å². The highest BCUT2D eigenvalue weighted by atomic mass is 16.1. The summed E-state index contributed by atoms with van der Waals surface area (Å²) in [7, 11) is 0. The predicted octanol–water partition coefficient (Wildman–Crippen LogP) is 3.63. The summed E-state index contributed by atoms with van der Waals surface area (Å²) in [5, 5.41) is 0. The lowest BCUT2D eigenvalue weighted by Gasteiger charge is -2.40. The maximum Gasteiger partial charge on any atom is 0.136 e. The van der Waals surface area contributed by atoms with Gasteiger partial charge in [0, 0.05) is 24.7 Å². The first-order chi connectivity index (χ1) is 8.50. The number of carbonyl (C=O) groups excluding carboxylic acids is 2. The highest BCUT2D eigenvalue weighted by Crippen LogP contribution is 2.42. The van der Waals surface area contributed by atoms with E-state index in [1.54, 1.807) is 0 Å². The van der Waals surface area contributed by atoms with Crippen molar-refractivity contribution in [1.82, 2.24) is 0 Å². The number of hydrogen-bond donors (Lipinski definition) is 0. The fourth-order valence-corrected chi connectivity index (χ4v) is 3.80. The second-order valence-corrected chi connectivity index (χ2v) is 6.68. The topological polar surface area (TPSA) is 34.1 Å². The fourth-order valence-electron chi connectivity index (χ4n) is 3.80. The minimum Gasteiger partial charge on any atom is -0.299 e. The van der Waals surface area contributed by atoms with Crippen molar-refractivity contribution in [2.45, 2.75) is 59.3 Å². The molecule has 0 N–H and O–H groups in total. The Hall–Kier alpha value is -0.660. The molecule has 4 atom stereocenters. The standard InChI is InChI=1S/C16H26O2/c1-10(2)12-8-14(11(3)16(18)9-12)13-6-4-5-7-15(13)17/h10-14H,4-9H2,1-3H3. The van der Waals surface area contributed by atoms with E-state index in [4.69, 9.17) is 0 Å². The van der Waals surface area contributed by atoms with E-state index in [0.717, 1.165) is 32.1 Å². The molecule has 4 unspecified atom stereocenters. The van der Waals surface area contributed by atoms with Crippen LogP contribution >= 0.6 is 0 Å². The number of hydrogen-bond acceptors (Lipinski definition) is 2. The van der Waals surface area contributed by atoms with Gasteiger partial charge in [-0.15, -0.1) is 0 Å². The van der Waals surface area contributed by atoms with Crippen molar-refractivity contribution in [2.24, 2.45) is 29.6 Å². The third-order valence-electron chi connectivity index (χ3n) is 5.25. The largest absolute Gasteiger partial charge is 0.299 e. The van der Waals surface area contributed by atoms with Crippen LogP contribution in [0, 0.1) is 29.6 Å². The highest BCUT2D eigenvalue weighted by molar-refractivity contribution is 5.85. The molecule has 2 fully saturated rings. The van der Waals surface area contributed by atoms with Gasteiger partial charge < -0.3 is 0 Å². The Bertz CT molecular complexity index is 332. The van der Waals surface area contributed by atoms with Crippen LogP contribution in [0.5, 0.6) is 0 Å². The maximum absolute atomic E-state index is 12.2. The molecular formula is C16H26O2. The molecule has 2 heteroatoms. The van der Waals surface area contributed by atoms with Crippen molar-refractivity contribution in [3.63, 3.8) is 0 Å². The molecule has 0 spiro atoms. The molecule has 0 aromatic heterocycles. The average molecular weight is 250 g/mol. The summed E-state index contributed by atoms with van der Waals surface area (Å²) in [5.74, 6) is 2.48. The van der Waals surface area contributed by atoms with Crippen molar-refractivity contribution >= 4 is 11.6 Å². The van der Waals surface area contributed by atoms with E-state index < -0.39 is 0 Å². The average Bonchev–Trinajstić information content (AvgIpc) is 2.33. The van der Waals surface area contributed by atoms with Crippen molar-refractivity contribution in [1.29, 1.82) is 0 Å². The summed E-state index contributed by atoms with van der Waals surface area (Å²) in [4.78, 5) is 24.3. The first kappa shape index (κ1) is 13.8. The van der Waals surface area contributed by atoms with Gasteiger partial charge in [0.05, 0.1) is 0 Å². The molecule has 0 aromatic carbocycles. The Labute approximate surface area is 111 Å². The molecule has 0 radical (unpaired) electrons. The smallest absolute Gasteiger partial charge is 0.136 e. The lowest BCUT2D eigenvalue weighted by molar-refractivity contribution is -0.134. The van der Waals surface area contributed by atoms with Gasteiger partial charge in [0.2, 0.25) is 0 Å². The molecular weight excluding hydrogens is 224 g/mol. The monoisotopic (exact) mass is 250 g/mol. The summed E-state index contributed by atoms with van der Waals surface area (Å²) >= 11 is 0. The van der Waals surface area contributed by atoms with Gasteiger partial charge >= 0.3 is 0 Å². The van der Waals surface area contributed by atoms with Crippen LogP contribution in [-0.4, -0.2) is 11.6 Å². The zero-order valence-corrected chi connectivity index (χ0v) is 11.9. The van der Waals surface area contributed by atoms with E-state index in [-0.39, 0.29) is 11.8 Å². The molecule has 0 bridgehead atoms. The van der Waals surface area contributed by atoms with Crippen LogP contribution in [0.4, 0.5) is 0 Å². The summed E-state index contributed by atoms with van der Waals surface area (Å²) in [5.41, 5.74) is 0. The highest BCUT2D eigenvalue weighted by Gasteiger charge is 2.41. The van der Waals surface area contributed by atoms with E-state index in [1.165, 1.54) is 6.42 Å². The van der Waals surface area contributed by atoms with Crippen LogP contribution in [-0.2, 0) is 9.59 Å². The van der Waals surface area contributed by atoms with Gasteiger partial charge in [-0.2, -0.15) is 0 Å². The fraction of sp³-hybridized carbons (Fsp3) is 0.875. The second-order valence-electron chi connectivity index (χ2n) is 6.68. The van der Waals surface area contributed by atoms with Gasteiger partial charge in [-0.1, -0.05) is 27.2 Å². The Balaban J connectivity index is 2.13. The number of rotatable bonds is 2. The molecule has 0 aromatic rings. The van der Waals surface area contributed by atoms with Gasteiger partial charge in [0.15, 0.2) is 0 Å². The lowest BCUT2D eigenvalue weighted by atomic mass is 9.63. The summed E-state index contributed by atoms with van der Waals surface area (Å²) in [6, 6.07) is 0. The molecule has 2 aliphatic rings. The molecule has 2 aliphatic carbocycles. The predicted molar refractivity (Wildman–Crippen MR) is 72.2 cm³/mol. The summed E-state index contributed by atoms with van der Waals surface area (Å²) in [6.45, 7) is 6.45. The first-order valence-electron chi connectivity index (χ1n) is 7.56. The maximum atomic E-state index is 12.2. The van der Waals surface area contributed by atoms with E-state index in [2.05, 4.69) is 13.8 Å². The quantitative estimate of drug-likeness (QED) is 0.750. The third-order valence-corrected chi connectivity index (χ3v) is 5.25. The van der Waals surface area contributed by atoms with Gasteiger partial charge in [-0.05, 0) is 37.0 Å². The first-order valence-corrected chi connectivity index (χ1v) is 7.56. The van der Waals surface area contributed by atoms with Crippen molar-refractivity contribution in [3.05, 3.63) is 0 Å². The number of Topliss-reactive ketones (excluding diaryl/α,β-unsaturated/α-hetero) is 2. The van der Waals surface area contributed by atoms with Crippen LogP contribution in [0.25, 0.3) is 0 Å². The van der Waals surface area contributed by atoms with Crippen molar-refractivity contribution in [2.75, 3.05) is 0 Å². The lowest BCUT2D eigenvalue weighted by Crippen LogP contribution is -2.40. The minimum atomic E-state index is 0.104. The molecule has 2 saturated carbocycles. The molecule has 0 heterocycles. The molecule has 2 rings (SSSR count). The number of carbonyl (C=O) groups is 2. The van der Waals surface area contributed by atoms with E-state index in [1.807, 2.05) is 6.92 Å². The third kappa shape index (κ3) is 2.67. The Kier molecular flexibility index (Phi) is 4.24. The van der Waals surface area contributed by atoms with Crippen molar-refractivity contribution in [3.8, 4) is 0 Å². The Morgan fingerprint density at radius 1 is 1.11 bits per heavy atom. The molecule has 18 heavy (non-hydrogen) atoms.